The van der Waals surface area contributed by atoms with Crippen LogP contribution in [0.5, 0.6) is 0 Å². The molecule has 0 aliphatic carbocycles. The number of halogens is 4. The van der Waals surface area contributed by atoms with Crippen molar-refractivity contribution in [3.8, 4) is 0 Å². The SMILES string of the molecule is CC(NC(=O)CSCC(F)(F)F)(C(=O)O)c1ccc(F)cc1. The molecule has 1 unspecified atom stereocenters. The van der Waals surface area contributed by atoms with Crippen molar-refractivity contribution in [1.82, 2.24) is 5.32 Å². The molecule has 0 aliphatic heterocycles. The highest BCUT2D eigenvalue weighted by Gasteiger charge is 2.37. The van der Waals surface area contributed by atoms with Crippen LogP contribution in [0.3, 0.4) is 0 Å². The summed E-state index contributed by atoms with van der Waals surface area (Å²) < 4.78 is 48.9. The highest BCUT2D eigenvalue weighted by atomic mass is 32.2. The molecule has 0 saturated carbocycles. The quantitative estimate of drug-likeness (QED) is 0.782. The standard InChI is InChI=1S/C13H13F4NO3S/c1-12(11(20)21,8-2-4-9(14)5-3-8)18-10(19)6-22-7-13(15,16)17/h2-5H,6-7H2,1H3,(H,18,19)(H,20,21). The van der Waals surface area contributed by atoms with Crippen LogP contribution in [0.4, 0.5) is 17.6 Å². The van der Waals surface area contributed by atoms with E-state index in [0.717, 1.165) is 12.1 Å². The van der Waals surface area contributed by atoms with Crippen LogP contribution in [0, 0.1) is 5.82 Å². The number of thioether (sulfide) groups is 1. The van der Waals surface area contributed by atoms with Crippen LogP contribution in [0.25, 0.3) is 0 Å². The number of hydrogen-bond donors (Lipinski definition) is 2. The maximum Gasteiger partial charge on any atom is 0.397 e. The van der Waals surface area contributed by atoms with Gasteiger partial charge >= 0.3 is 12.1 Å². The third-order valence-electron chi connectivity index (χ3n) is 2.74. The number of amides is 1. The van der Waals surface area contributed by atoms with Gasteiger partial charge in [-0.3, -0.25) is 4.79 Å². The Hall–Kier alpha value is -1.77. The van der Waals surface area contributed by atoms with Crippen LogP contribution in [0.2, 0.25) is 0 Å². The number of carbonyl (C=O) groups is 2. The van der Waals surface area contributed by atoms with E-state index in [-0.39, 0.29) is 5.56 Å². The Balaban J connectivity index is 2.77. The van der Waals surface area contributed by atoms with Crippen LogP contribution < -0.4 is 5.32 Å². The number of nitrogens with one attached hydrogen (secondary N) is 1. The fourth-order valence-electron chi connectivity index (χ4n) is 1.61. The van der Waals surface area contributed by atoms with Crippen molar-refractivity contribution in [3.05, 3.63) is 35.6 Å². The second kappa shape index (κ2) is 6.99. The normalized spacial score (nSPS) is 14.2. The van der Waals surface area contributed by atoms with Gasteiger partial charge in [-0.1, -0.05) is 12.1 Å². The lowest BCUT2D eigenvalue weighted by atomic mass is 9.92. The van der Waals surface area contributed by atoms with E-state index in [9.17, 15) is 32.3 Å². The number of hydrogen-bond acceptors (Lipinski definition) is 3. The van der Waals surface area contributed by atoms with Crippen LogP contribution >= 0.6 is 11.8 Å². The van der Waals surface area contributed by atoms with Crippen LogP contribution in [0.1, 0.15) is 12.5 Å². The molecule has 0 spiro atoms. The summed E-state index contributed by atoms with van der Waals surface area (Å²) in [7, 11) is 0. The van der Waals surface area contributed by atoms with Gasteiger partial charge in [-0.2, -0.15) is 13.2 Å². The first kappa shape index (κ1) is 18.3. The van der Waals surface area contributed by atoms with Gasteiger partial charge in [0.1, 0.15) is 5.82 Å². The molecule has 0 aliphatic rings. The van der Waals surface area contributed by atoms with E-state index >= 15 is 0 Å². The van der Waals surface area contributed by atoms with Crippen molar-refractivity contribution in [2.24, 2.45) is 0 Å². The molecule has 1 aromatic carbocycles. The van der Waals surface area contributed by atoms with Gasteiger partial charge in [-0.15, -0.1) is 11.8 Å². The Kier molecular flexibility index (Phi) is 5.81. The van der Waals surface area contributed by atoms with Gasteiger partial charge in [0, 0.05) is 0 Å². The summed E-state index contributed by atoms with van der Waals surface area (Å²) in [6.07, 6.45) is -4.40. The van der Waals surface area contributed by atoms with Crippen molar-refractivity contribution in [3.63, 3.8) is 0 Å². The van der Waals surface area contributed by atoms with Gasteiger partial charge in [0.05, 0.1) is 11.5 Å². The summed E-state index contributed by atoms with van der Waals surface area (Å²) in [4.78, 5) is 23.0. The molecule has 2 N–H and O–H groups in total. The van der Waals surface area contributed by atoms with Crippen molar-refractivity contribution >= 4 is 23.6 Å². The Morgan fingerprint density at radius 2 is 1.77 bits per heavy atom. The van der Waals surface area contributed by atoms with E-state index in [1.807, 2.05) is 0 Å². The predicted molar refractivity (Wildman–Crippen MR) is 72.9 cm³/mol. The maximum absolute atomic E-state index is 12.9. The number of benzene rings is 1. The Morgan fingerprint density at radius 1 is 1.23 bits per heavy atom. The van der Waals surface area contributed by atoms with Crippen molar-refractivity contribution < 1.29 is 32.3 Å². The Bertz CT molecular complexity index is 547. The minimum Gasteiger partial charge on any atom is -0.479 e. The number of aliphatic carboxylic acids is 1. The highest BCUT2D eigenvalue weighted by molar-refractivity contribution is 8.00. The van der Waals surface area contributed by atoms with Gasteiger partial charge in [0.15, 0.2) is 5.54 Å². The fourth-order valence-corrected chi connectivity index (χ4v) is 2.20. The molecule has 0 aromatic heterocycles. The van der Waals surface area contributed by atoms with Crippen molar-refractivity contribution in [1.29, 1.82) is 0 Å². The molecule has 0 heterocycles. The largest absolute Gasteiger partial charge is 0.479 e. The first-order valence-corrected chi connectivity index (χ1v) is 7.15. The molecule has 1 amide bonds. The topological polar surface area (TPSA) is 66.4 Å². The minimum atomic E-state index is -4.40. The number of rotatable bonds is 6. The lowest BCUT2D eigenvalue weighted by Gasteiger charge is -2.26. The van der Waals surface area contributed by atoms with E-state index in [4.69, 9.17) is 0 Å². The molecule has 0 fully saturated rings. The summed E-state index contributed by atoms with van der Waals surface area (Å²) in [5, 5.41) is 11.4. The third kappa shape index (κ3) is 5.21. The molecular formula is C13H13F4NO3S. The monoisotopic (exact) mass is 339 g/mol. The molecule has 22 heavy (non-hydrogen) atoms. The van der Waals surface area contributed by atoms with E-state index in [2.05, 4.69) is 5.32 Å². The Labute approximate surface area is 127 Å². The summed E-state index contributed by atoms with van der Waals surface area (Å²) in [6.45, 7) is 1.18. The van der Waals surface area contributed by atoms with Gasteiger partial charge in [-0.25, -0.2) is 9.18 Å². The van der Waals surface area contributed by atoms with Crippen LogP contribution in [-0.4, -0.2) is 34.7 Å². The van der Waals surface area contributed by atoms with Gasteiger partial charge < -0.3 is 10.4 Å². The molecule has 122 valence electrons. The zero-order valence-corrected chi connectivity index (χ0v) is 12.2. The molecule has 1 atom stereocenters. The lowest BCUT2D eigenvalue weighted by molar-refractivity contribution is -0.147. The molecule has 4 nitrogen and oxygen atoms in total. The molecule has 0 bridgehead atoms. The number of carboxylic acids is 1. The summed E-state index contributed by atoms with van der Waals surface area (Å²) in [5.41, 5.74) is -1.75. The minimum absolute atomic E-state index is 0.107. The van der Waals surface area contributed by atoms with Crippen molar-refractivity contribution in [2.45, 2.75) is 18.6 Å². The zero-order chi connectivity index (χ0) is 17.0. The number of carbonyl (C=O) groups excluding carboxylic acids is 1. The van der Waals surface area contributed by atoms with Crippen LogP contribution in [0.15, 0.2) is 24.3 Å². The summed E-state index contributed by atoms with van der Waals surface area (Å²) in [6, 6.07) is 4.43. The van der Waals surface area contributed by atoms with Gasteiger partial charge in [-0.05, 0) is 24.6 Å². The summed E-state index contributed by atoms with van der Waals surface area (Å²) >= 11 is 0.328. The van der Waals surface area contributed by atoms with E-state index in [1.165, 1.54) is 19.1 Å². The van der Waals surface area contributed by atoms with Crippen LogP contribution in [-0.2, 0) is 15.1 Å². The second-order valence-corrected chi connectivity index (χ2v) is 5.58. The van der Waals surface area contributed by atoms with Gasteiger partial charge in [0.25, 0.3) is 0 Å². The number of carboxylic acid groups (broad SMARTS) is 1. The first-order chi connectivity index (χ1) is 10.0. The average molecular weight is 339 g/mol. The highest BCUT2D eigenvalue weighted by Crippen LogP contribution is 2.23. The maximum atomic E-state index is 12.9. The smallest absolute Gasteiger partial charge is 0.397 e. The van der Waals surface area contributed by atoms with E-state index < -0.39 is 40.9 Å². The third-order valence-corrected chi connectivity index (χ3v) is 3.74. The summed E-state index contributed by atoms with van der Waals surface area (Å²) in [5.74, 6) is -4.59. The van der Waals surface area contributed by atoms with E-state index in [1.54, 1.807) is 0 Å². The molecule has 0 radical (unpaired) electrons. The molecule has 9 heteroatoms. The predicted octanol–water partition coefficient (Wildman–Crippen LogP) is 2.54. The van der Waals surface area contributed by atoms with Gasteiger partial charge in [0.2, 0.25) is 5.91 Å². The molecular weight excluding hydrogens is 326 g/mol. The first-order valence-electron chi connectivity index (χ1n) is 5.99. The fraction of sp³-hybridized carbons (Fsp3) is 0.385. The number of alkyl halides is 3. The van der Waals surface area contributed by atoms with E-state index in [0.29, 0.717) is 11.8 Å². The molecule has 1 aromatic rings. The zero-order valence-electron chi connectivity index (χ0n) is 11.4. The van der Waals surface area contributed by atoms with Crippen molar-refractivity contribution in [2.75, 3.05) is 11.5 Å². The Morgan fingerprint density at radius 3 is 2.23 bits per heavy atom. The average Bonchev–Trinajstić information content (AvgIpc) is 2.37. The molecule has 1 rings (SSSR count). The molecule has 0 saturated heterocycles. The lowest BCUT2D eigenvalue weighted by Crippen LogP contribution is -2.50. The second-order valence-electron chi connectivity index (χ2n) is 4.59.